The van der Waals surface area contributed by atoms with Crippen LogP contribution in [0.4, 0.5) is 0 Å². The van der Waals surface area contributed by atoms with Gasteiger partial charge in [-0.15, -0.1) is 0 Å². The molecule has 26 heavy (non-hydrogen) atoms. The van der Waals surface area contributed by atoms with Gasteiger partial charge >= 0.3 is 5.97 Å². The molecule has 0 unspecified atom stereocenters. The molecule has 0 atom stereocenters. The van der Waals surface area contributed by atoms with Crippen molar-refractivity contribution in [2.75, 3.05) is 0 Å². The zero-order valence-corrected chi connectivity index (χ0v) is 15.4. The maximum Gasteiger partial charge on any atom is 0.374 e. The van der Waals surface area contributed by atoms with E-state index in [0.717, 1.165) is 16.7 Å². The molecule has 3 rings (SSSR count). The molecule has 0 aliphatic carbocycles. The van der Waals surface area contributed by atoms with Crippen molar-refractivity contribution in [2.45, 2.75) is 27.1 Å². The van der Waals surface area contributed by atoms with Crippen molar-refractivity contribution < 1.29 is 18.7 Å². The van der Waals surface area contributed by atoms with E-state index in [1.807, 2.05) is 44.2 Å². The summed E-state index contributed by atoms with van der Waals surface area (Å²) >= 11 is 5.99. The number of ether oxygens (including phenoxy) is 2. The fourth-order valence-corrected chi connectivity index (χ4v) is 2.57. The van der Waals surface area contributed by atoms with Crippen LogP contribution >= 0.6 is 11.6 Å². The van der Waals surface area contributed by atoms with Crippen LogP contribution in [0.2, 0.25) is 5.02 Å². The summed E-state index contributed by atoms with van der Waals surface area (Å²) in [5.41, 5.74) is 2.99. The number of carbonyl (C=O) groups is 1. The van der Waals surface area contributed by atoms with E-state index in [1.54, 1.807) is 24.3 Å². The van der Waals surface area contributed by atoms with Gasteiger partial charge in [-0.1, -0.05) is 41.4 Å². The first kappa shape index (κ1) is 18.1. The van der Waals surface area contributed by atoms with Gasteiger partial charge < -0.3 is 13.9 Å². The molecule has 0 amide bonds. The Hall–Kier alpha value is -2.72. The molecule has 0 aliphatic rings. The van der Waals surface area contributed by atoms with Crippen molar-refractivity contribution in [3.05, 3.63) is 87.8 Å². The molecule has 0 radical (unpaired) electrons. The molecule has 0 fully saturated rings. The molecule has 0 bridgehead atoms. The van der Waals surface area contributed by atoms with Crippen LogP contribution in [0, 0.1) is 13.8 Å². The second-order valence-corrected chi connectivity index (χ2v) is 6.44. The maximum absolute atomic E-state index is 12.1. The third-order valence-electron chi connectivity index (χ3n) is 3.83. The van der Waals surface area contributed by atoms with Crippen molar-refractivity contribution in [3.8, 4) is 5.75 Å². The maximum atomic E-state index is 12.1. The van der Waals surface area contributed by atoms with E-state index in [-0.39, 0.29) is 19.0 Å². The third-order valence-corrected chi connectivity index (χ3v) is 4.25. The summed E-state index contributed by atoms with van der Waals surface area (Å²) in [6.45, 7) is 4.32. The molecule has 4 nitrogen and oxygen atoms in total. The van der Waals surface area contributed by atoms with E-state index in [4.69, 9.17) is 25.5 Å². The molecule has 2 aromatic carbocycles. The lowest BCUT2D eigenvalue weighted by molar-refractivity contribution is 0.0432. The molecule has 3 aromatic rings. The van der Waals surface area contributed by atoms with E-state index in [0.29, 0.717) is 16.5 Å². The first-order chi connectivity index (χ1) is 12.5. The second kappa shape index (κ2) is 8.11. The van der Waals surface area contributed by atoms with E-state index in [9.17, 15) is 4.79 Å². The predicted octanol–water partition coefficient (Wildman–Crippen LogP) is 5.49. The van der Waals surface area contributed by atoms with Crippen molar-refractivity contribution in [1.82, 2.24) is 0 Å². The summed E-state index contributed by atoms with van der Waals surface area (Å²) in [6, 6.07) is 16.5. The SMILES string of the molecule is Cc1cccc(COC(=O)c2ccc(COc3ccc(Cl)c(C)c3)o2)c1. The van der Waals surface area contributed by atoms with Crippen molar-refractivity contribution in [2.24, 2.45) is 0 Å². The Labute approximate surface area is 157 Å². The lowest BCUT2D eigenvalue weighted by Gasteiger charge is -2.06. The van der Waals surface area contributed by atoms with Gasteiger partial charge in [0.15, 0.2) is 0 Å². The van der Waals surface area contributed by atoms with Gasteiger partial charge in [0.1, 0.15) is 24.7 Å². The Morgan fingerprint density at radius 2 is 1.88 bits per heavy atom. The fourth-order valence-electron chi connectivity index (χ4n) is 2.45. The van der Waals surface area contributed by atoms with Crippen LogP contribution in [-0.4, -0.2) is 5.97 Å². The highest BCUT2D eigenvalue weighted by molar-refractivity contribution is 6.31. The van der Waals surface area contributed by atoms with Gasteiger partial charge in [0.05, 0.1) is 0 Å². The lowest BCUT2D eigenvalue weighted by atomic mass is 10.1. The van der Waals surface area contributed by atoms with Crippen LogP contribution in [0.15, 0.2) is 59.0 Å². The van der Waals surface area contributed by atoms with Gasteiger partial charge in [0, 0.05) is 5.02 Å². The van der Waals surface area contributed by atoms with E-state index < -0.39 is 5.97 Å². The Morgan fingerprint density at radius 3 is 2.65 bits per heavy atom. The molecule has 0 N–H and O–H groups in total. The molecule has 134 valence electrons. The van der Waals surface area contributed by atoms with Gasteiger partial charge in [-0.25, -0.2) is 4.79 Å². The fraction of sp³-hybridized carbons (Fsp3) is 0.190. The molecular formula is C21H19ClO4. The number of carbonyl (C=O) groups excluding carboxylic acids is 1. The quantitative estimate of drug-likeness (QED) is 0.538. The van der Waals surface area contributed by atoms with Crippen LogP contribution in [0.25, 0.3) is 0 Å². The molecule has 5 heteroatoms. The average molecular weight is 371 g/mol. The number of aryl methyl sites for hydroxylation is 2. The molecular weight excluding hydrogens is 352 g/mol. The third kappa shape index (κ3) is 4.67. The Morgan fingerprint density at radius 1 is 1.04 bits per heavy atom. The van der Waals surface area contributed by atoms with Crippen molar-refractivity contribution in [3.63, 3.8) is 0 Å². The normalized spacial score (nSPS) is 10.6. The van der Waals surface area contributed by atoms with Crippen LogP contribution in [0.5, 0.6) is 5.75 Å². The summed E-state index contributed by atoms with van der Waals surface area (Å²) in [5, 5.41) is 0.689. The molecule has 1 heterocycles. The standard InChI is InChI=1S/C21H19ClO4/c1-14-4-3-5-16(10-14)12-25-21(23)20-9-7-18(26-20)13-24-17-6-8-19(22)15(2)11-17/h3-11H,12-13H2,1-2H3. The predicted molar refractivity (Wildman–Crippen MR) is 99.5 cm³/mol. The van der Waals surface area contributed by atoms with Gasteiger partial charge in [0.25, 0.3) is 0 Å². The molecule has 0 saturated carbocycles. The highest BCUT2D eigenvalue weighted by atomic mass is 35.5. The Bertz CT molecular complexity index is 914. The lowest BCUT2D eigenvalue weighted by Crippen LogP contribution is -2.04. The summed E-state index contributed by atoms with van der Waals surface area (Å²) in [5.74, 6) is 0.885. The summed E-state index contributed by atoms with van der Waals surface area (Å²) in [7, 11) is 0. The number of benzene rings is 2. The first-order valence-electron chi connectivity index (χ1n) is 8.21. The topological polar surface area (TPSA) is 48.7 Å². The minimum atomic E-state index is -0.500. The molecule has 0 spiro atoms. The van der Waals surface area contributed by atoms with Crippen LogP contribution in [0.3, 0.4) is 0 Å². The molecule has 0 aliphatic heterocycles. The van der Waals surface area contributed by atoms with Crippen LogP contribution in [0.1, 0.15) is 33.0 Å². The first-order valence-corrected chi connectivity index (χ1v) is 8.59. The number of furan rings is 1. The minimum absolute atomic E-state index is 0.156. The minimum Gasteiger partial charge on any atom is -0.486 e. The van der Waals surface area contributed by atoms with Crippen molar-refractivity contribution in [1.29, 1.82) is 0 Å². The zero-order chi connectivity index (χ0) is 18.5. The monoisotopic (exact) mass is 370 g/mol. The molecule has 1 aromatic heterocycles. The smallest absolute Gasteiger partial charge is 0.374 e. The zero-order valence-electron chi connectivity index (χ0n) is 14.6. The highest BCUT2D eigenvalue weighted by Crippen LogP contribution is 2.22. The molecule has 0 saturated heterocycles. The summed E-state index contributed by atoms with van der Waals surface area (Å²) in [4.78, 5) is 12.1. The Kier molecular flexibility index (Phi) is 5.64. The van der Waals surface area contributed by atoms with Crippen LogP contribution < -0.4 is 4.74 Å². The van der Waals surface area contributed by atoms with Crippen LogP contribution in [-0.2, 0) is 18.0 Å². The number of halogens is 1. The van der Waals surface area contributed by atoms with Gasteiger partial charge in [-0.3, -0.25) is 0 Å². The van der Waals surface area contributed by atoms with Gasteiger partial charge in [0.2, 0.25) is 5.76 Å². The number of rotatable bonds is 6. The number of hydrogen-bond donors (Lipinski definition) is 0. The van der Waals surface area contributed by atoms with Gasteiger partial charge in [-0.2, -0.15) is 0 Å². The highest BCUT2D eigenvalue weighted by Gasteiger charge is 2.13. The summed E-state index contributed by atoms with van der Waals surface area (Å²) in [6.07, 6.45) is 0. The van der Waals surface area contributed by atoms with E-state index in [2.05, 4.69) is 0 Å². The summed E-state index contributed by atoms with van der Waals surface area (Å²) < 4.78 is 16.5. The number of esters is 1. The average Bonchev–Trinajstić information content (AvgIpc) is 3.10. The second-order valence-electron chi connectivity index (χ2n) is 6.03. The van der Waals surface area contributed by atoms with Crippen molar-refractivity contribution >= 4 is 17.6 Å². The van der Waals surface area contributed by atoms with Gasteiger partial charge in [-0.05, 0) is 55.3 Å². The Balaban J connectivity index is 1.55. The van der Waals surface area contributed by atoms with E-state index >= 15 is 0 Å². The van der Waals surface area contributed by atoms with E-state index in [1.165, 1.54) is 0 Å². The largest absolute Gasteiger partial charge is 0.486 e. The number of hydrogen-bond acceptors (Lipinski definition) is 4.